The summed E-state index contributed by atoms with van der Waals surface area (Å²) in [5, 5.41) is 9.70. The fourth-order valence-electron chi connectivity index (χ4n) is 2.82. The molecule has 0 radical (unpaired) electrons. The number of rotatable bonds is 4. The van der Waals surface area contributed by atoms with Gasteiger partial charge in [0.25, 0.3) is 0 Å². The first kappa shape index (κ1) is 16.0. The molecule has 0 amide bonds. The highest BCUT2D eigenvalue weighted by atomic mass is 32.1. The van der Waals surface area contributed by atoms with E-state index in [4.69, 9.17) is 0 Å². The first-order valence-electron chi connectivity index (χ1n) is 8.31. The molecule has 2 N–H and O–H groups in total. The van der Waals surface area contributed by atoms with Gasteiger partial charge in [-0.3, -0.25) is 10.2 Å². The molecular formula is C18H20N6S. The van der Waals surface area contributed by atoms with Gasteiger partial charge in [-0.25, -0.2) is 15.0 Å². The summed E-state index contributed by atoms with van der Waals surface area (Å²) in [6.45, 7) is 4.44. The third-order valence-corrected chi connectivity index (χ3v) is 5.11. The molecule has 0 bridgehead atoms. The van der Waals surface area contributed by atoms with Gasteiger partial charge in [0, 0.05) is 16.8 Å². The van der Waals surface area contributed by atoms with Gasteiger partial charge >= 0.3 is 0 Å². The maximum absolute atomic E-state index is 4.56. The van der Waals surface area contributed by atoms with E-state index in [1.165, 1.54) is 4.88 Å². The Hall–Kier alpha value is -2.51. The predicted molar refractivity (Wildman–Crippen MR) is 103 cm³/mol. The number of fused-ring (bicyclic) bond motifs is 1. The van der Waals surface area contributed by atoms with E-state index in [9.17, 15) is 0 Å². The highest BCUT2D eigenvalue weighted by Gasteiger charge is 2.13. The van der Waals surface area contributed by atoms with Crippen molar-refractivity contribution >= 4 is 34.1 Å². The molecule has 0 unspecified atom stereocenters. The van der Waals surface area contributed by atoms with Crippen LogP contribution in [0.1, 0.15) is 10.6 Å². The maximum Gasteiger partial charge on any atom is 0.230 e. The van der Waals surface area contributed by atoms with Crippen LogP contribution in [0.3, 0.4) is 0 Å². The number of guanidine groups is 1. The Morgan fingerprint density at radius 1 is 1.20 bits per heavy atom. The number of aryl methyl sites for hydroxylation is 1. The summed E-state index contributed by atoms with van der Waals surface area (Å²) in [7, 11) is 0. The van der Waals surface area contributed by atoms with Crippen molar-refractivity contribution in [3.63, 3.8) is 0 Å². The van der Waals surface area contributed by atoms with Crippen LogP contribution in [0, 0.1) is 6.92 Å². The van der Waals surface area contributed by atoms with Crippen LogP contribution in [0.25, 0.3) is 10.9 Å². The minimum atomic E-state index is 0.578. The molecule has 0 saturated carbocycles. The van der Waals surface area contributed by atoms with Gasteiger partial charge in [-0.1, -0.05) is 24.3 Å². The minimum Gasteiger partial charge on any atom is -0.343 e. The molecule has 1 aromatic carbocycles. The van der Waals surface area contributed by atoms with Crippen LogP contribution in [0.4, 0.5) is 5.95 Å². The Labute approximate surface area is 150 Å². The Morgan fingerprint density at radius 3 is 2.92 bits per heavy atom. The SMILES string of the molecule is Cc1nc(NC2=NCN(CCc3cccs3)CN2)nc2ccccc12. The second kappa shape index (κ2) is 7.16. The second-order valence-corrected chi connectivity index (χ2v) is 7.01. The van der Waals surface area contributed by atoms with E-state index in [-0.39, 0.29) is 0 Å². The average Bonchev–Trinajstić information content (AvgIpc) is 3.15. The normalized spacial score (nSPS) is 15.0. The van der Waals surface area contributed by atoms with Crippen LogP contribution in [-0.4, -0.2) is 40.7 Å². The Kier molecular flexibility index (Phi) is 4.58. The summed E-state index contributed by atoms with van der Waals surface area (Å²) in [4.78, 5) is 17.3. The molecule has 3 heterocycles. The molecule has 0 saturated heterocycles. The van der Waals surface area contributed by atoms with Crippen LogP contribution in [0.2, 0.25) is 0 Å². The fraction of sp³-hybridized carbons (Fsp3) is 0.278. The zero-order valence-electron chi connectivity index (χ0n) is 14.1. The number of nitrogens with one attached hydrogen (secondary N) is 2. The topological polar surface area (TPSA) is 65.4 Å². The lowest BCUT2D eigenvalue weighted by Gasteiger charge is -2.26. The maximum atomic E-state index is 4.56. The van der Waals surface area contributed by atoms with Crippen LogP contribution in [-0.2, 0) is 6.42 Å². The molecule has 0 atom stereocenters. The van der Waals surface area contributed by atoms with Gasteiger partial charge in [-0.15, -0.1) is 11.3 Å². The zero-order valence-corrected chi connectivity index (χ0v) is 14.9. The molecule has 3 aromatic rings. The Morgan fingerprint density at radius 2 is 2.12 bits per heavy atom. The van der Waals surface area contributed by atoms with Gasteiger partial charge in [0.15, 0.2) is 0 Å². The van der Waals surface area contributed by atoms with Crippen LogP contribution >= 0.6 is 11.3 Å². The van der Waals surface area contributed by atoms with Crippen molar-refractivity contribution in [2.45, 2.75) is 13.3 Å². The summed E-state index contributed by atoms with van der Waals surface area (Å²) in [5.41, 5.74) is 1.90. The number of thiophene rings is 1. The van der Waals surface area contributed by atoms with Gasteiger partial charge in [0.2, 0.25) is 11.9 Å². The largest absolute Gasteiger partial charge is 0.343 e. The van der Waals surface area contributed by atoms with E-state index >= 15 is 0 Å². The van der Waals surface area contributed by atoms with E-state index in [0.29, 0.717) is 12.6 Å². The molecule has 128 valence electrons. The van der Waals surface area contributed by atoms with Gasteiger partial charge < -0.3 is 5.32 Å². The third-order valence-electron chi connectivity index (χ3n) is 4.18. The molecule has 25 heavy (non-hydrogen) atoms. The van der Waals surface area contributed by atoms with E-state index in [1.807, 2.05) is 31.2 Å². The van der Waals surface area contributed by atoms with Crippen molar-refractivity contribution in [3.8, 4) is 0 Å². The molecule has 0 spiro atoms. The molecule has 0 aliphatic carbocycles. The first-order chi connectivity index (χ1) is 12.3. The van der Waals surface area contributed by atoms with Crippen molar-refractivity contribution in [1.82, 2.24) is 20.2 Å². The van der Waals surface area contributed by atoms with E-state index in [0.717, 1.165) is 42.2 Å². The number of hydrogen-bond donors (Lipinski definition) is 2. The van der Waals surface area contributed by atoms with E-state index in [1.54, 1.807) is 11.3 Å². The fourth-order valence-corrected chi connectivity index (χ4v) is 3.52. The molecule has 1 aliphatic rings. The lowest BCUT2D eigenvalue weighted by atomic mass is 10.2. The van der Waals surface area contributed by atoms with Crippen molar-refractivity contribution in [1.29, 1.82) is 0 Å². The summed E-state index contributed by atoms with van der Waals surface area (Å²) < 4.78 is 0. The van der Waals surface area contributed by atoms with E-state index < -0.39 is 0 Å². The number of aliphatic imine (C=N–C) groups is 1. The van der Waals surface area contributed by atoms with Gasteiger partial charge in [0.1, 0.15) is 0 Å². The number of anilines is 1. The predicted octanol–water partition coefficient (Wildman–Crippen LogP) is 2.83. The van der Waals surface area contributed by atoms with E-state index in [2.05, 4.69) is 48.0 Å². The molecule has 4 rings (SSSR count). The van der Waals surface area contributed by atoms with Crippen LogP contribution < -0.4 is 10.6 Å². The standard InChI is InChI=1S/C18H20N6S/c1-13-15-6-2-3-7-16(15)22-18(21-13)23-17-19-11-24(12-20-17)9-8-14-5-4-10-25-14/h2-7,10H,8-9,11-12H2,1H3,(H2,19,20,21,22,23). The van der Waals surface area contributed by atoms with Crippen molar-refractivity contribution in [3.05, 3.63) is 52.3 Å². The average molecular weight is 352 g/mol. The summed E-state index contributed by atoms with van der Waals surface area (Å²) in [5.74, 6) is 1.30. The highest BCUT2D eigenvalue weighted by molar-refractivity contribution is 7.09. The highest BCUT2D eigenvalue weighted by Crippen LogP contribution is 2.16. The number of benzene rings is 1. The van der Waals surface area contributed by atoms with Gasteiger partial charge in [-0.05, 0) is 30.9 Å². The Balaban J connectivity index is 1.39. The monoisotopic (exact) mass is 352 g/mol. The summed E-state index contributed by atoms with van der Waals surface area (Å²) in [6, 6.07) is 12.3. The number of hydrogen-bond acceptors (Lipinski definition) is 7. The zero-order chi connectivity index (χ0) is 17.1. The minimum absolute atomic E-state index is 0.578. The van der Waals surface area contributed by atoms with Gasteiger partial charge in [0.05, 0.1) is 24.5 Å². The molecule has 2 aromatic heterocycles. The van der Waals surface area contributed by atoms with Crippen LogP contribution in [0.5, 0.6) is 0 Å². The third kappa shape index (κ3) is 3.78. The van der Waals surface area contributed by atoms with Crippen molar-refractivity contribution in [2.24, 2.45) is 4.99 Å². The summed E-state index contributed by atoms with van der Waals surface area (Å²) >= 11 is 1.80. The van der Waals surface area contributed by atoms with Crippen molar-refractivity contribution in [2.75, 3.05) is 25.2 Å². The Bertz CT molecular complexity index is 890. The molecule has 1 aliphatic heterocycles. The molecular weight excluding hydrogens is 332 g/mol. The smallest absolute Gasteiger partial charge is 0.230 e. The van der Waals surface area contributed by atoms with Crippen LogP contribution in [0.15, 0.2) is 46.8 Å². The lowest BCUT2D eigenvalue weighted by molar-refractivity contribution is 0.269. The first-order valence-corrected chi connectivity index (χ1v) is 9.19. The lowest BCUT2D eigenvalue weighted by Crippen LogP contribution is -2.46. The number of para-hydroxylation sites is 1. The van der Waals surface area contributed by atoms with Gasteiger partial charge in [-0.2, -0.15) is 0 Å². The van der Waals surface area contributed by atoms with Crippen molar-refractivity contribution < 1.29 is 0 Å². The number of nitrogens with zero attached hydrogens (tertiary/aromatic N) is 4. The molecule has 7 heteroatoms. The number of aromatic nitrogens is 2. The molecule has 6 nitrogen and oxygen atoms in total. The second-order valence-electron chi connectivity index (χ2n) is 5.98. The summed E-state index contributed by atoms with van der Waals surface area (Å²) in [6.07, 6.45) is 1.06. The quantitative estimate of drug-likeness (QED) is 0.756. The molecule has 0 fully saturated rings.